The first-order valence-corrected chi connectivity index (χ1v) is 6.86. The molecule has 1 aromatic rings. The SMILES string of the molecule is Cc1cccc2c1CN(S(C)(=O)=O)CC2. The first-order chi connectivity index (χ1) is 6.98. The van der Waals surface area contributed by atoms with E-state index in [0.29, 0.717) is 13.1 Å². The molecular formula is C11H15NO2S. The van der Waals surface area contributed by atoms with Crippen molar-refractivity contribution in [2.24, 2.45) is 0 Å². The molecule has 0 spiro atoms. The zero-order valence-corrected chi connectivity index (χ0v) is 9.84. The Labute approximate surface area is 90.8 Å². The molecule has 4 heteroatoms. The molecule has 1 aliphatic heterocycles. The van der Waals surface area contributed by atoms with Crippen molar-refractivity contribution in [3.05, 3.63) is 34.9 Å². The highest BCUT2D eigenvalue weighted by Gasteiger charge is 2.23. The van der Waals surface area contributed by atoms with Crippen molar-refractivity contribution in [3.63, 3.8) is 0 Å². The minimum atomic E-state index is -3.05. The van der Waals surface area contributed by atoms with Crippen molar-refractivity contribution < 1.29 is 8.42 Å². The summed E-state index contributed by atoms with van der Waals surface area (Å²) in [7, 11) is -3.05. The van der Waals surface area contributed by atoms with Crippen LogP contribution < -0.4 is 0 Å². The highest BCUT2D eigenvalue weighted by atomic mass is 32.2. The zero-order chi connectivity index (χ0) is 11.1. The van der Waals surface area contributed by atoms with Crippen LogP contribution in [0.2, 0.25) is 0 Å². The van der Waals surface area contributed by atoms with E-state index >= 15 is 0 Å². The molecule has 82 valence electrons. The van der Waals surface area contributed by atoms with Gasteiger partial charge in [-0.25, -0.2) is 8.42 Å². The van der Waals surface area contributed by atoms with Crippen molar-refractivity contribution in [2.45, 2.75) is 19.9 Å². The normalized spacial score (nSPS) is 17.5. The predicted molar refractivity (Wildman–Crippen MR) is 60.1 cm³/mol. The summed E-state index contributed by atoms with van der Waals surface area (Å²) in [6.07, 6.45) is 2.10. The van der Waals surface area contributed by atoms with Gasteiger partial charge in [0.05, 0.1) is 6.26 Å². The summed E-state index contributed by atoms with van der Waals surface area (Å²) < 4.78 is 24.4. The second-order valence-electron chi connectivity index (χ2n) is 4.06. The highest BCUT2D eigenvalue weighted by molar-refractivity contribution is 7.88. The fraction of sp³-hybridized carbons (Fsp3) is 0.455. The molecule has 0 atom stereocenters. The van der Waals surface area contributed by atoms with Crippen molar-refractivity contribution >= 4 is 10.0 Å². The number of hydrogen-bond donors (Lipinski definition) is 0. The van der Waals surface area contributed by atoms with Gasteiger partial charge in [-0.2, -0.15) is 4.31 Å². The van der Waals surface area contributed by atoms with Crippen molar-refractivity contribution in [1.29, 1.82) is 0 Å². The maximum Gasteiger partial charge on any atom is 0.211 e. The number of sulfonamides is 1. The minimum absolute atomic E-state index is 0.529. The molecule has 0 fully saturated rings. The van der Waals surface area contributed by atoms with Crippen LogP contribution in [0, 0.1) is 6.92 Å². The lowest BCUT2D eigenvalue weighted by Gasteiger charge is -2.27. The fourth-order valence-corrected chi connectivity index (χ4v) is 2.79. The molecule has 0 aromatic heterocycles. The molecule has 0 amide bonds. The monoisotopic (exact) mass is 225 g/mol. The van der Waals surface area contributed by atoms with E-state index in [2.05, 4.69) is 6.07 Å². The first-order valence-electron chi connectivity index (χ1n) is 5.01. The van der Waals surface area contributed by atoms with Crippen LogP contribution in [0.1, 0.15) is 16.7 Å². The minimum Gasteiger partial charge on any atom is -0.212 e. The lowest BCUT2D eigenvalue weighted by molar-refractivity contribution is 0.394. The van der Waals surface area contributed by atoms with Gasteiger partial charge in [0.25, 0.3) is 0 Å². The summed E-state index contributed by atoms with van der Waals surface area (Å²) in [5.41, 5.74) is 3.64. The Bertz CT molecular complexity index is 479. The van der Waals surface area contributed by atoms with E-state index in [0.717, 1.165) is 6.42 Å². The topological polar surface area (TPSA) is 37.4 Å². The molecule has 0 aliphatic carbocycles. The van der Waals surface area contributed by atoms with Gasteiger partial charge in [-0.1, -0.05) is 18.2 Å². The number of benzene rings is 1. The van der Waals surface area contributed by atoms with E-state index in [9.17, 15) is 8.42 Å². The maximum atomic E-state index is 11.4. The second kappa shape index (κ2) is 3.61. The van der Waals surface area contributed by atoms with Crippen LogP contribution in [-0.4, -0.2) is 25.5 Å². The van der Waals surface area contributed by atoms with E-state index in [4.69, 9.17) is 0 Å². The number of nitrogens with zero attached hydrogens (tertiary/aromatic N) is 1. The summed E-state index contributed by atoms with van der Waals surface area (Å²) >= 11 is 0. The van der Waals surface area contributed by atoms with Crippen LogP contribution in [0.3, 0.4) is 0 Å². The Balaban J connectivity index is 2.38. The van der Waals surface area contributed by atoms with Gasteiger partial charge in [-0.3, -0.25) is 0 Å². The zero-order valence-electron chi connectivity index (χ0n) is 9.03. The Hall–Kier alpha value is -0.870. The Kier molecular flexibility index (Phi) is 2.56. The molecule has 0 N–H and O–H groups in total. The average Bonchev–Trinajstić information content (AvgIpc) is 2.16. The quantitative estimate of drug-likeness (QED) is 0.722. The highest BCUT2D eigenvalue weighted by Crippen LogP contribution is 2.23. The lowest BCUT2D eigenvalue weighted by atomic mass is 9.97. The molecule has 1 aliphatic rings. The van der Waals surface area contributed by atoms with Crippen LogP contribution in [0.4, 0.5) is 0 Å². The van der Waals surface area contributed by atoms with Gasteiger partial charge in [-0.15, -0.1) is 0 Å². The summed E-state index contributed by atoms with van der Waals surface area (Å²) in [6.45, 7) is 3.17. The largest absolute Gasteiger partial charge is 0.212 e. The number of aryl methyl sites for hydroxylation is 1. The van der Waals surface area contributed by atoms with Crippen LogP contribution in [0.15, 0.2) is 18.2 Å². The lowest BCUT2D eigenvalue weighted by Crippen LogP contribution is -2.35. The van der Waals surface area contributed by atoms with Gasteiger partial charge in [0.2, 0.25) is 10.0 Å². The average molecular weight is 225 g/mol. The Morgan fingerprint density at radius 1 is 1.33 bits per heavy atom. The van der Waals surface area contributed by atoms with Gasteiger partial charge in [0.15, 0.2) is 0 Å². The van der Waals surface area contributed by atoms with E-state index in [1.807, 2.05) is 19.1 Å². The van der Waals surface area contributed by atoms with Crippen LogP contribution >= 0.6 is 0 Å². The summed E-state index contributed by atoms with van der Waals surface area (Å²) in [5, 5.41) is 0. The molecule has 0 bridgehead atoms. The van der Waals surface area contributed by atoms with Crippen LogP contribution in [0.5, 0.6) is 0 Å². The molecule has 0 unspecified atom stereocenters. The van der Waals surface area contributed by atoms with Crippen LogP contribution in [-0.2, 0) is 23.0 Å². The molecule has 0 radical (unpaired) electrons. The molecule has 1 aromatic carbocycles. The maximum absolute atomic E-state index is 11.4. The van der Waals surface area contributed by atoms with Gasteiger partial charge < -0.3 is 0 Å². The van der Waals surface area contributed by atoms with Crippen molar-refractivity contribution in [3.8, 4) is 0 Å². The third kappa shape index (κ3) is 2.06. The molecule has 0 saturated heterocycles. The number of fused-ring (bicyclic) bond motifs is 1. The van der Waals surface area contributed by atoms with Crippen molar-refractivity contribution in [1.82, 2.24) is 4.31 Å². The van der Waals surface area contributed by atoms with Gasteiger partial charge in [0, 0.05) is 13.1 Å². The second-order valence-corrected chi connectivity index (χ2v) is 6.04. The first kappa shape index (κ1) is 10.6. The Morgan fingerprint density at radius 3 is 2.73 bits per heavy atom. The van der Waals surface area contributed by atoms with Crippen LogP contribution in [0.25, 0.3) is 0 Å². The molecule has 2 rings (SSSR count). The summed E-state index contributed by atoms with van der Waals surface area (Å²) in [5.74, 6) is 0. The van der Waals surface area contributed by atoms with E-state index in [1.165, 1.54) is 22.9 Å². The predicted octanol–water partition coefficient (Wildman–Crippen LogP) is 1.31. The van der Waals surface area contributed by atoms with E-state index < -0.39 is 10.0 Å². The molecule has 0 saturated carbocycles. The van der Waals surface area contributed by atoms with Gasteiger partial charge >= 0.3 is 0 Å². The van der Waals surface area contributed by atoms with E-state index in [1.54, 1.807) is 4.31 Å². The summed E-state index contributed by atoms with van der Waals surface area (Å²) in [4.78, 5) is 0. The molecule has 3 nitrogen and oxygen atoms in total. The number of hydrogen-bond acceptors (Lipinski definition) is 2. The summed E-state index contributed by atoms with van der Waals surface area (Å²) in [6, 6.07) is 6.15. The number of rotatable bonds is 1. The third-order valence-corrected chi connectivity index (χ3v) is 4.19. The smallest absolute Gasteiger partial charge is 0.211 e. The third-order valence-electron chi connectivity index (χ3n) is 2.94. The van der Waals surface area contributed by atoms with Crippen molar-refractivity contribution in [2.75, 3.05) is 12.8 Å². The van der Waals surface area contributed by atoms with Gasteiger partial charge in [0.1, 0.15) is 0 Å². The molecule has 1 heterocycles. The molecular weight excluding hydrogens is 210 g/mol. The standard InChI is InChI=1S/C11H15NO2S/c1-9-4-3-5-10-6-7-12(8-11(9)10)15(2,13)14/h3-5H,6-8H2,1-2H3. The van der Waals surface area contributed by atoms with E-state index in [-0.39, 0.29) is 0 Å². The van der Waals surface area contributed by atoms with Gasteiger partial charge in [-0.05, 0) is 30.0 Å². The fourth-order valence-electron chi connectivity index (χ4n) is 2.01. The Morgan fingerprint density at radius 2 is 2.07 bits per heavy atom. The molecule has 15 heavy (non-hydrogen) atoms.